The van der Waals surface area contributed by atoms with Crippen LogP contribution in [-0.4, -0.2) is 54.0 Å². The minimum atomic E-state index is 0.232. The van der Waals surface area contributed by atoms with E-state index in [2.05, 4.69) is 39.6 Å². The Labute approximate surface area is 118 Å². The van der Waals surface area contributed by atoms with Crippen molar-refractivity contribution < 1.29 is 4.79 Å². The van der Waals surface area contributed by atoms with E-state index in [1.807, 2.05) is 4.90 Å². The van der Waals surface area contributed by atoms with Gasteiger partial charge in [-0.1, -0.05) is 6.42 Å². The third kappa shape index (κ3) is 4.18. The molecule has 112 valence electrons. The van der Waals surface area contributed by atoms with Gasteiger partial charge in [-0.15, -0.1) is 0 Å². The Bertz CT molecular complexity index is 283. The normalized spacial score (nSPS) is 23.6. The molecule has 4 nitrogen and oxygen atoms in total. The molecule has 1 fully saturated rings. The van der Waals surface area contributed by atoms with Crippen molar-refractivity contribution in [1.82, 2.24) is 9.80 Å². The third-order valence-electron chi connectivity index (χ3n) is 4.27. The van der Waals surface area contributed by atoms with Crippen LogP contribution in [0.15, 0.2) is 0 Å². The van der Waals surface area contributed by atoms with Crippen LogP contribution in [0, 0.1) is 5.92 Å². The summed E-state index contributed by atoms with van der Waals surface area (Å²) in [5.74, 6) is 0.791. The minimum Gasteiger partial charge on any atom is -0.337 e. The standard InChI is InChI=1S/C15H31N3O/c1-11(2)18(12(3)4)15(19)10-17(5)14-8-6-7-13(14)9-16/h11-14H,6-10,16H2,1-5H3. The summed E-state index contributed by atoms with van der Waals surface area (Å²) in [6, 6.07) is 1.000. The van der Waals surface area contributed by atoms with Crippen LogP contribution in [0.4, 0.5) is 0 Å². The van der Waals surface area contributed by atoms with E-state index < -0.39 is 0 Å². The maximum atomic E-state index is 12.4. The lowest BCUT2D eigenvalue weighted by Crippen LogP contribution is -2.49. The summed E-state index contributed by atoms with van der Waals surface area (Å²) >= 11 is 0. The van der Waals surface area contributed by atoms with E-state index in [-0.39, 0.29) is 18.0 Å². The molecular weight excluding hydrogens is 238 g/mol. The van der Waals surface area contributed by atoms with Crippen LogP contribution in [0.1, 0.15) is 47.0 Å². The van der Waals surface area contributed by atoms with Crippen molar-refractivity contribution in [3.05, 3.63) is 0 Å². The van der Waals surface area contributed by atoms with E-state index in [1.54, 1.807) is 0 Å². The Morgan fingerprint density at radius 2 is 1.79 bits per heavy atom. The summed E-state index contributed by atoms with van der Waals surface area (Å²) in [6.45, 7) is 9.57. The van der Waals surface area contributed by atoms with Crippen LogP contribution in [0.25, 0.3) is 0 Å². The largest absolute Gasteiger partial charge is 0.337 e. The molecule has 1 aliphatic carbocycles. The maximum Gasteiger partial charge on any atom is 0.237 e. The SMILES string of the molecule is CC(C)N(C(=O)CN(C)C1CCCC1CN)C(C)C. The van der Waals surface area contributed by atoms with E-state index in [4.69, 9.17) is 5.73 Å². The van der Waals surface area contributed by atoms with Crippen LogP contribution in [-0.2, 0) is 4.79 Å². The summed E-state index contributed by atoms with van der Waals surface area (Å²) in [6.07, 6.45) is 3.62. The van der Waals surface area contributed by atoms with Crippen molar-refractivity contribution in [2.75, 3.05) is 20.1 Å². The highest BCUT2D eigenvalue weighted by molar-refractivity contribution is 5.78. The molecule has 4 heteroatoms. The van der Waals surface area contributed by atoms with Gasteiger partial charge in [-0.2, -0.15) is 0 Å². The lowest BCUT2D eigenvalue weighted by molar-refractivity contribution is -0.136. The summed E-state index contributed by atoms with van der Waals surface area (Å²) in [5, 5.41) is 0. The number of nitrogens with zero attached hydrogens (tertiary/aromatic N) is 2. The lowest BCUT2D eigenvalue weighted by Gasteiger charge is -2.35. The second-order valence-electron chi connectivity index (χ2n) is 6.40. The highest BCUT2D eigenvalue weighted by atomic mass is 16.2. The Hall–Kier alpha value is -0.610. The molecule has 1 aliphatic rings. The van der Waals surface area contributed by atoms with E-state index in [0.29, 0.717) is 18.5 Å². The van der Waals surface area contributed by atoms with Gasteiger partial charge in [0, 0.05) is 18.1 Å². The first kappa shape index (κ1) is 16.4. The molecule has 0 bridgehead atoms. The van der Waals surface area contributed by atoms with Gasteiger partial charge in [0.1, 0.15) is 0 Å². The summed E-state index contributed by atoms with van der Waals surface area (Å²) in [5.41, 5.74) is 5.83. The number of nitrogens with two attached hydrogens (primary N) is 1. The fourth-order valence-corrected chi connectivity index (χ4v) is 3.46. The van der Waals surface area contributed by atoms with Crippen LogP contribution in [0.2, 0.25) is 0 Å². The van der Waals surface area contributed by atoms with E-state index >= 15 is 0 Å². The van der Waals surface area contributed by atoms with Gasteiger partial charge < -0.3 is 10.6 Å². The predicted octanol–water partition coefficient (Wildman–Crippen LogP) is 1.69. The quantitative estimate of drug-likeness (QED) is 0.798. The fourth-order valence-electron chi connectivity index (χ4n) is 3.46. The topological polar surface area (TPSA) is 49.6 Å². The van der Waals surface area contributed by atoms with E-state index in [9.17, 15) is 4.79 Å². The van der Waals surface area contributed by atoms with Gasteiger partial charge in [-0.3, -0.25) is 9.69 Å². The average Bonchev–Trinajstić information content (AvgIpc) is 2.75. The zero-order chi connectivity index (χ0) is 14.6. The minimum absolute atomic E-state index is 0.232. The van der Waals surface area contributed by atoms with Gasteiger partial charge in [0.05, 0.1) is 6.54 Å². The molecule has 1 rings (SSSR count). The van der Waals surface area contributed by atoms with Gasteiger partial charge >= 0.3 is 0 Å². The van der Waals surface area contributed by atoms with Gasteiger partial charge in [0.15, 0.2) is 0 Å². The van der Waals surface area contributed by atoms with Crippen LogP contribution >= 0.6 is 0 Å². The summed E-state index contributed by atoms with van der Waals surface area (Å²) < 4.78 is 0. The Morgan fingerprint density at radius 3 is 2.26 bits per heavy atom. The first-order valence-corrected chi connectivity index (χ1v) is 7.60. The molecule has 0 saturated heterocycles. The average molecular weight is 269 g/mol. The molecule has 0 aliphatic heterocycles. The Balaban J connectivity index is 2.60. The highest BCUT2D eigenvalue weighted by Gasteiger charge is 2.31. The molecule has 2 unspecified atom stereocenters. The number of amides is 1. The number of hydrogen-bond donors (Lipinski definition) is 1. The van der Waals surface area contributed by atoms with Crippen molar-refractivity contribution in [3.63, 3.8) is 0 Å². The smallest absolute Gasteiger partial charge is 0.237 e. The van der Waals surface area contributed by atoms with Gasteiger partial charge in [-0.25, -0.2) is 0 Å². The molecule has 1 amide bonds. The fraction of sp³-hybridized carbons (Fsp3) is 0.933. The van der Waals surface area contributed by atoms with Crippen molar-refractivity contribution in [2.24, 2.45) is 11.7 Å². The maximum absolute atomic E-state index is 12.4. The molecule has 0 aromatic carbocycles. The van der Waals surface area contributed by atoms with Crippen molar-refractivity contribution in [3.8, 4) is 0 Å². The molecule has 0 spiro atoms. The number of carbonyl (C=O) groups is 1. The molecule has 19 heavy (non-hydrogen) atoms. The van der Waals surface area contributed by atoms with E-state index in [0.717, 1.165) is 6.54 Å². The van der Waals surface area contributed by atoms with E-state index in [1.165, 1.54) is 19.3 Å². The molecule has 2 N–H and O–H groups in total. The lowest BCUT2D eigenvalue weighted by atomic mass is 10.0. The van der Waals surface area contributed by atoms with Gasteiger partial charge in [-0.05, 0) is 60.0 Å². The summed E-state index contributed by atoms with van der Waals surface area (Å²) in [7, 11) is 2.06. The Morgan fingerprint density at radius 1 is 1.21 bits per heavy atom. The zero-order valence-corrected chi connectivity index (χ0v) is 13.2. The number of carbonyl (C=O) groups excluding carboxylic acids is 1. The van der Waals surface area contributed by atoms with Gasteiger partial charge in [0.2, 0.25) is 5.91 Å². The number of likely N-dealkylation sites (N-methyl/N-ethyl adjacent to an activating group) is 1. The van der Waals surface area contributed by atoms with Crippen LogP contribution < -0.4 is 5.73 Å². The molecular formula is C15H31N3O. The zero-order valence-electron chi connectivity index (χ0n) is 13.2. The molecule has 1 saturated carbocycles. The predicted molar refractivity (Wildman–Crippen MR) is 79.9 cm³/mol. The first-order valence-electron chi connectivity index (χ1n) is 7.60. The second kappa shape index (κ2) is 7.25. The van der Waals surface area contributed by atoms with Crippen molar-refractivity contribution in [2.45, 2.75) is 65.1 Å². The second-order valence-corrected chi connectivity index (χ2v) is 6.40. The monoisotopic (exact) mass is 269 g/mol. The molecule has 2 atom stereocenters. The molecule has 0 aromatic rings. The molecule has 0 radical (unpaired) electrons. The van der Waals surface area contributed by atoms with Gasteiger partial charge in [0.25, 0.3) is 0 Å². The summed E-state index contributed by atoms with van der Waals surface area (Å²) in [4.78, 5) is 16.6. The van der Waals surface area contributed by atoms with Crippen molar-refractivity contribution in [1.29, 1.82) is 0 Å². The molecule has 0 aromatic heterocycles. The third-order valence-corrected chi connectivity index (χ3v) is 4.27. The highest BCUT2D eigenvalue weighted by Crippen LogP contribution is 2.28. The first-order chi connectivity index (χ1) is 8.88. The molecule has 0 heterocycles. The Kier molecular flexibility index (Phi) is 6.27. The van der Waals surface area contributed by atoms with Crippen LogP contribution in [0.3, 0.4) is 0 Å². The number of rotatable bonds is 6. The van der Waals surface area contributed by atoms with Crippen molar-refractivity contribution >= 4 is 5.91 Å². The van der Waals surface area contributed by atoms with Crippen LogP contribution in [0.5, 0.6) is 0 Å². The number of hydrogen-bond acceptors (Lipinski definition) is 3.